The van der Waals surface area contributed by atoms with Gasteiger partial charge in [0, 0.05) is 4.47 Å². The molecule has 1 amide bonds. The number of aromatic amines is 1. The molecule has 0 atom stereocenters. The Balaban J connectivity index is 2.28. The fraction of sp³-hybridized carbons (Fsp3) is 0. The van der Waals surface area contributed by atoms with Gasteiger partial charge < -0.3 is 0 Å². The Morgan fingerprint density at radius 1 is 1.50 bits per heavy atom. The van der Waals surface area contributed by atoms with Crippen molar-refractivity contribution in [2.75, 3.05) is 5.32 Å². The maximum atomic E-state index is 13.4. The van der Waals surface area contributed by atoms with Gasteiger partial charge in [0.25, 0.3) is 5.91 Å². The zero-order chi connectivity index (χ0) is 11.5. The summed E-state index contributed by atoms with van der Waals surface area (Å²) in [7, 11) is 0. The second kappa shape index (κ2) is 4.40. The van der Waals surface area contributed by atoms with Crippen LogP contribution < -0.4 is 5.32 Å². The summed E-state index contributed by atoms with van der Waals surface area (Å²) < 4.78 is 13.8. The molecule has 2 rings (SSSR count). The molecule has 0 saturated heterocycles. The second-order valence-electron chi connectivity index (χ2n) is 2.88. The Bertz CT molecular complexity index is 494. The molecule has 0 saturated carbocycles. The molecule has 0 aliphatic heterocycles. The molecule has 0 bridgehead atoms. The highest BCUT2D eigenvalue weighted by atomic mass is 79.9. The fourth-order valence-electron chi connectivity index (χ4n) is 1.15. The van der Waals surface area contributed by atoms with E-state index in [4.69, 9.17) is 0 Å². The van der Waals surface area contributed by atoms with E-state index < -0.39 is 11.7 Å². The number of halogens is 2. The third-order valence-electron chi connectivity index (χ3n) is 1.84. The molecule has 1 heterocycles. The van der Waals surface area contributed by atoms with Gasteiger partial charge in [0.15, 0.2) is 0 Å². The van der Waals surface area contributed by atoms with Crippen LogP contribution in [0.3, 0.4) is 0 Å². The Hall–Kier alpha value is -1.76. The minimum atomic E-state index is -0.605. The SMILES string of the molecule is O=C(Nc1ncn[nH]1)c1c(F)cccc1Br. The maximum Gasteiger partial charge on any atom is 0.262 e. The number of benzene rings is 1. The molecule has 16 heavy (non-hydrogen) atoms. The highest BCUT2D eigenvalue weighted by molar-refractivity contribution is 9.10. The molecule has 2 aromatic rings. The lowest BCUT2D eigenvalue weighted by atomic mass is 10.2. The number of amides is 1. The quantitative estimate of drug-likeness (QED) is 0.886. The highest BCUT2D eigenvalue weighted by Gasteiger charge is 2.16. The third-order valence-corrected chi connectivity index (χ3v) is 2.50. The normalized spacial score (nSPS) is 10.1. The number of hydrogen-bond donors (Lipinski definition) is 2. The Labute approximate surface area is 98.2 Å². The van der Waals surface area contributed by atoms with Crippen LogP contribution in [0.1, 0.15) is 10.4 Å². The van der Waals surface area contributed by atoms with Crippen molar-refractivity contribution in [3.63, 3.8) is 0 Å². The first kappa shape index (κ1) is 10.7. The summed E-state index contributed by atoms with van der Waals surface area (Å²) in [6.07, 6.45) is 1.24. The number of rotatable bonds is 2. The summed E-state index contributed by atoms with van der Waals surface area (Å²) >= 11 is 3.10. The smallest absolute Gasteiger partial charge is 0.262 e. The first-order chi connectivity index (χ1) is 7.68. The maximum absolute atomic E-state index is 13.4. The zero-order valence-corrected chi connectivity index (χ0v) is 9.45. The van der Waals surface area contributed by atoms with Crippen LogP contribution in [0.2, 0.25) is 0 Å². The van der Waals surface area contributed by atoms with Crippen LogP contribution in [0, 0.1) is 5.82 Å². The molecule has 5 nitrogen and oxygen atoms in total. The number of nitrogens with zero attached hydrogens (tertiary/aromatic N) is 2. The number of carbonyl (C=O) groups excluding carboxylic acids is 1. The molecule has 2 N–H and O–H groups in total. The summed E-state index contributed by atoms with van der Waals surface area (Å²) in [5.41, 5.74) is -0.0705. The minimum Gasteiger partial charge on any atom is -0.291 e. The zero-order valence-electron chi connectivity index (χ0n) is 7.87. The van der Waals surface area contributed by atoms with Gasteiger partial charge in [-0.3, -0.25) is 10.1 Å². The molecular formula is C9H6BrFN4O. The van der Waals surface area contributed by atoms with Gasteiger partial charge in [-0.15, -0.1) is 0 Å². The van der Waals surface area contributed by atoms with E-state index >= 15 is 0 Å². The number of H-pyrrole nitrogens is 1. The van der Waals surface area contributed by atoms with Gasteiger partial charge >= 0.3 is 0 Å². The molecule has 0 fully saturated rings. The molecule has 0 spiro atoms. The van der Waals surface area contributed by atoms with Crippen molar-refractivity contribution < 1.29 is 9.18 Å². The molecule has 0 aliphatic carbocycles. The number of aromatic nitrogens is 3. The molecule has 7 heteroatoms. The Morgan fingerprint density at radius 3 is 2.94 bits per heavy atom. The summed E-state index contributed by atoms with van der Waals surface area (Å²) in [5, 5.41) is 8.39. The summed E-state index contributed by atoms with van der Waals surface area (Å²) in [4.78, 5) is 15.4. The van der Waals surface area contributed by atoms with E-state index in [0.717, 1.165) is 0 Å². The van der Waals surface area contributed by atoms with Crippen LogP contribution in [0.15, 0.2) is 29.0 Å². The van der Waals surface area contributed by atoms with Crippen molar-refractivity contribution in [1.29, 1.82) is 0 Å². The van der Waals surface area contributed by atoms with Crippen LogP contribution in [-0.4, -0.2) is 21.1 Å². The van der Waals surface area contributed by atoms with Gasteiger partial charge in [-0.2, -0.15) is 10.1 Å². The average molecular weight is 285 g/mol. The molecule has 0 radical (unpaired) electrons. The van der Waals surface area contributed by atoms with Gasteiger partial charge in [0.05, 0.1) is 5.56 Å². The molecule has 0 unspecified atom stereocenters. The Morgan fingerprint density at radius 2 is 2.31 bits per heavy atom. The average Bonchev–Trinajstić information content (AvgIpc) is 2.70. The van der Waals surface area contributed by atoms with E-state index in [1.165, 1.54) is 18.5 Å². The van der Waals surface area contributed by atoms with Crippen molar-refractivity contribution in [2.45, 2.75) is 0 Å². The molecule has 0 aliphatic rings. The molecule has 82 valence electrons. The van der Waals surface area contributed by atoms with Crippen molar-refractivity contribution in [3.8, 4) is 0 Å². The molecular weight excluding hydrogens is 279 g/mol. The predicted molar refractivity (Wildman–Crippen MR) is 58.4 cm³/mol. The molecule has 1 aromatic heterocycles. The predicted octanol–water partition coefficient (Wildman–Crippen LogP) is 1.96. The van der Waals surface area contributed by atoms with Crippen LogP contribution in [0.25, 0.3) is 0 Å². The van der Waals surface area contributed by atoms with E-state index in [-0.39, 0.29) is 11.5 Å². The van der Waals surface area contributed by atoms with Crippen LogP contribution in [0.5, 0.6) is 0 Å². The van der Waals surface area contributed by atoms with E-state index in [2.05, 4.69) is 36.4 Å². The second-order valence-corrected chi connectivity index (χ2v) is 3.74. The first-order valence-corrected chi connectivity index (χ1v) is 5.08. The van der Waals surface area contributed by atoms with Crippen molar-refractivity contribution in [3.05, 3.63) is 40.4 Å². The van der Waals surface area contributed by atoms with Gasteiger partial charge in [0.2, 0.25) is 5.95 Å². The third kappa shape index (κ3) is 2.08. The largest absolute Gasteiger partial charge is 0.291 e. The number of nitrogens with one attached hydrogen (secondary N) is 2. The minimum absolute atomic E-state index is 0.0705. The number of hydrogen-bond acceptors (Lipinski definition) is 3. The summed E-state index contributed by atoms with van der Waals surface area (Å²) in [5.74, 6) is -1.03. The van der Waals surface area contributed by atoms with Crippen LogP contribution >= 0.6 is 15.9 Å². The van der Waals surface area contributed by atoms with E-state index in [1.807, 2.05) is 0 Å². The number of anilines is 1. The lowest BCUT2D eigenvalue weighted by molar-refractivity contribution is 0.102. The van der Waals surface area contributed by atoms with Crippen LogP contribution in [-0.2, 0) is 0 Å². The van der Waals surface area contributed by atoms with Crippen molar-refractivity contribution in [1.82, 2.24) is 15.2 Å². The fourth-order valence-corrected chi connectivity index (χ4v) is 1.67. The van der Waals surface area contributed by atoms with Crippen LogP contribution in [0.4, 0.5) is 10.3 Å². The van der Waals surface area contributed by atoms with Gasteiger partial charge in [0.1, 0.15) is 12.1 Å². The number of carbonyl (C=O) groups is 1. The summed E-state index contributed by atoms with van der Waals surface area (Å²) in [6.45, 7) is 0. The van der Waals surface area contributed by atoms with E-state index in [1.54, 1.807) is 6.07 Å². The summed E-state index contributed by atoms with van der Waals surface area (Å²) in [6, 6.07) is 4.29. The molecule has 1 aromatic carbocycles. The topological polar surface area (TPSA) is 70.7 Å². The monoisotopic (exact) mass is 284 g/mol. The van der Waals surface area contributed by atoms with Crippen molar-refractivity contribution in [2.24, 2.45) is 0 Å². The van der Waals surface area contributed by atoms with Gasteiger partial charge in [-0.25, -0.2) is 9.49 Å². The van der Waals surface area contributed by atoms with E-state index in [9.17, 15) is 9.18 Å². The van der Waals surface area contributed by atoms with Gasteiger partial charge in [-0.1, -0.05) is 6.07 Å². The van der Waals surface area contributed by atoms with Crippen molar-refractivity contribution >= 4 is 27.8 Å². The van der Waals surface area contributed by atoms with Gasteiger partial charge in [-0.05, 0) is 28.1 Å². The van der Waals surface area contributed by atoms with E-state index in [0.29, 0.717) is 4.47 Å². The lowest BCUT2D eigenvalue weighted by Gasteiger charge is -2.04. The Kier molecular flexibility index (Phi) is 2.95. The first-order valence-electron chi connectivity index (χ1n) is 4.29. The highest BCUT2D eigenvalue weighted by Crippen LogP contribution is 2.20. The lowest BCUT2D eigenvalue weighted by Crippen LogP contribution is -2.15. The standard InChI is InChI=1S/C9H6BrFN4O/c10-5-2-1-3-6(11)7(5)8(16)14-9-12-4-13-15-9/h1-4H,(H2,12,13,14,15,16).